The van der Waals surface area contributed by atoms with Gasteiger partial charge in [0.2, 0.25) is 0 Å². The molecule has 1 rings (SSSR count). The molecule has 0 saturated carbocycles. The molecule has 64 valence electrons. The minimum Gasteiger partial charge on any atom is -0.204 e. The van der Waals surface area contributed by atoms with Crippen LogP contribution in [0.5, 0.6) is 0 Å². The number of nitrogens with zero attached hydrogens (tertiary/aromatic N) is 1. The van der Waals surface area contributed by atoms with Gasteiger partial charge < -0.3 is 0 Å². The van der Waals surface area contributed by atoms with Crippen molar-refractivity contribution in [1.29, 1.82) is 5.53 Å². The third-order valence-corrected chi connectivity index (χ3v) is 1.68. The molecule has 0 saturated heterocycles. The highest BCUT2D eigenvalue weighted by molar-refractivity contribution is 5.39. The van der Waals surface area contributed by atoms with Crippen molar-refractivity contribution in [3.63, 3.8) is 0 Å². The van der Waals surface area contributed by atoms with Gasteiger partial charge in [-0.1, -0.05) is 26.0 Å². The highest BCUT2D eigenvalue weighted by atomic mass is 15.0. The molecule has 1 N–H and O–H groups in total. The lowest BCUT2D eigenvalue weighted by molar-refractivity contribution is 0.647. The average molecular weight is 162 g/mol. The zero-order valence-corrected chi connectivity index (χ0v) is 7.54. The van der Waals surface area contributed by atoms with Gasteiger partial charge >= 0.3 is 0 Å². The molecular weight excluding hydrogens is 148 g/mol. The minimum absolute atomic E-state index is 0.658. The lowest BCUT2D eigenvalue weighted by atomic mass is 10.0. The van der Waals surface area contributed by atoms with E-state index in [9.17, 15) is 0 Å². The standard InChI is InChI=1S/C10H14N2/c1-8(2)6-9-4-3-5-10(7-9)12-11/h3-5,7-8,11H,6H2,1-2H3. The number of hydrogen-bond acceptors (Lipinski definition) is 2. The van der Waals surface area contributed by atoms with Crippen LogP contribution < -0.4 is 0 Å². The van der Waals surface area contributed by atoms with Crippen LogP contribution in [0.15, 0.2) is 29.4 Å². The zero-order chi connectivity index (χ0) is 8.97. The molecule has 0 atom stereocenters. The fraction of sp³-hybridized carbons (Fsp3) is 0.400. The van der Waals surface area contributed by atoms with Gasteiger partial charge in [0.15, 0.2) is 0 Å². The summed E-state index contributed by atoms with van der Waals surface area (Å²) in [4.78, 5) is 0. The Hall–Kier alpha value is -1.18. The van der Waals surface area contributed by atoms with E-state index in [1.54, 1.807) is 0 Å². The molecule has 0 amide bonds. The maximum atomic E-state index is 6.85. The van der Waals surface area contributed by atoms with Gasteiger partial charge in [-0.2, -0.15) is 5.11 Å². The Balaban J connectivity index is 2.79. The molecule has 0 radical (unpaired) electrons. The summed E-state index contributed by atoms with van der Waals surface area (Å²) in [6.45, 7) is 4.37. The number of nitrogens with one attached hydrogen (secondary N) is 1. The van der Waals surface area contributed by atoms with Crippen LogP contribution in [0.25, 0.3) is 0 Å². The average Bonchev–Trinajstić information content (AvgIpc) is 2.03. The summed E-state index contributed by atoms with van der Waals surface area (Å²) >= 11 is 0. The van der Waals surface area contributed by atoms with Gasteiger partial charge in [-0.05, 0) is 30.0 Å². The summed E-state index contributed by atoms with van der Waals surface area (Å²) in [6.07, 6.45) is 1.06. The summed E-state index contributed by atoms with van der Waals surface area (Å²) < 4.78 is 0. The van der Waals surface area contributed by atoms with E-state index in [-0.39, 0.29) is 0 Å². The molecule has 0 fully saturated rings. The van der Waals surface area contributed by atoms with Crippen LogP contribution in [-0.4, -0.2) is 0 Å². The van der Waals surface area contributed by atoms with E-state index >= 15 is 0 Å². The van der Waals surface area contributed by atoms with Crippen molar-refractivity contribution in [2.45, 2.75) is 20.3 Å². The molecule has 0 aromatic heterocycles. The van der Waals surface area contributed by atoms with Gasteiger partial charge in [-0.25, -0.2) is 5.53 Å². The molecular formula is C10H14N2. The van der Waals surface area contributed by atoms with Crippen molar-refractivity contribution >= 4 is 5.69 Å². The highest BCUT2D eigenvalue weighted by Crippen LogP contribution is 2.15. The van der Waals surface area contributed by atoms with E-state index in [1.807, 2.05) is 18.2 Å². The maximum Gasteiger partial charge on any atom is 0.0852 e. The first kappa shape index (κ1) is 8.91. The van der Waals surface area contributed by atoms with Crippen LogP contribution in [0.2, 0.25) is 0 Å². The first-order valence-corrected chi connectivity index (χ1v) is 4.19. The molecule has 2 nitrogen and oxygen atoms in total. The Labute approximate surface area is 73.1 Å². The maximum absolute atomic E-state index is 6.85. The van der Waals surface area contributed by atoms with Gasteiger partial charge in [-0.15, -0.1) is 0 Å². The smallest absolute Gasteiger partial charge is 0.0852 e. The predicted octanol–water partition coefficient (Wildman–Crippen LogP) is 3.55. The largest absolute Gasteiger partial charge is 0.204 e. The van der Waals surface area contributed by atoms with E-state index in [1.165, 1.54) is 5.56 Å². The summed E-state index contributed by atoms with van der Waals surface area (Å²) in [5, 5.41) is 3.39. The van der Waals surface area contributed by atoms with Crippen LogP contribution in [0, 0.1) is 11.4 Å². The summed E-state index contributed by atoms with van der Waals surface area (Å²) in [5.74, 6) is 0.658. The Morgan fingerprint density at radius 1 is 1.42 bits per heavy atom. The second-order valence-corrected chi connectivity index (χ2v) is 3.38. The van der Waals surface area contributed by atoms with E-state index < -0.39 is 0 Å². The van der Waals surface area contributed by atoms with Crippen molar-refractivity contribution in [3.8, 4) is 0 Å². The molecule has 0 bridgehead atoms. The second kappa shape index (κ2) is 4.00. The molecule has 0 aliphatic rings. The summed E-state index contributed by atoms with van der Waals surface area (Å²) in [6, 6.07) is 7.84. The normalized spacial score (nSPS) is 10.2. The van der Waals surface area contributed by atoms with E-state index in [4.69, 9.17) is 5.53 Å². The Kier molecular flexibility index (Phi) is 2.97. The minimum atomic E-state index is 0.658. The molecule has 1 aromatic rings. The SMILES string of the molecule is CC(C)Cc1cccc(N=N)c1. The van der Waals surface area contributed by atoms with Crippen LogP contribution in [0.4, 0.5) is 5.69 Å². The number of hydrogen-bond donors (Lipinski definition) is 1. The van der Waals surface area contributed by atoms with Crippen molar-refractivity contribution < 1.29 is 0 Å². The Morgan fingerprint density at radius 3 is 2.75 bits per heavy atom. The fourth-order valence-electron chi connectivity index (χ4n) is 1.22. The molecule has 0 heterocycles. The van der Waals surface area contributed by atoms with Gasteiger partial charge in [0.05, 0.1) is 5.69 Å². The van der Waals surface area contributed by atoms with E-state index in [0.717, 1.165) is 12.1 Å². The Morgan fingerprint density at radius 2 is 2.17 bits per heavy atom. The Bertz CT molecular complexity index is 266. The van der Waals surface area contributed by atoms with Crippen molar-refractivity contribution in [2.24, 2.45) is 11.0 Å². The van der Waals surface area contributed by atoms with Crippen LogP contribution in [0.1, 0.15) is 19.4 Å². The molecule has 0 unspecified atom stereocenters. The topological polar surface area (TPSA) is 36.2 Å². The van der Waals surface area contributed by atoms with Gasteiger partial charge in [-0.3, -0.25) is 0 Å². The molecule has 12 heavy (non-hydrogen) atoms. The molecule has 2 heteroatoms. The van der Waals surface area contributed by atoms with Crippen LogP contribution in [-0.2, 0) is 6.42 Å². The lowest BCUT2D eigenvalue weighted by Gasteiger charge is -2.04. The predicted molar refractivity (Wildman–Crippen MR) is 49.8 cm³/mol. The molecule has 0 aliphatic heterocycles. The van der Waals surface area contributed by atoms with Crippen LogP contribution in [0.3, 0.4) is 0 Å². The first-order valence-electron chi connectivity index (χ1n) is 4.19. The van der Waals surface area contributed by atoms with Gasteiger partial charge in [0.1, 0.15) is 0 Å². The molecule has 0 aliphatic carbocycles. The number of rotatable bonds is 3. The van der Waals surface area contributed by atoms with Crippen molar-refractivity contribution in [3.05, 3.63) is 29.8 Å². The summed E-state index contributed by atoms with van der Waals surface area (Å²) in [7, 11) is 0. The lowest BCUT2D eigenvalue weighted by Crippen LogP contribution is -1.92. The number of benzene rings is 1. The molecule has 1 aromatic carbocycles. The van der Waals surface area contributed by atoms with Crippen molar-refractivity contribution in [1.82, 2.24) is 0 Å². The van der Waals surface area contributed by atoms with Gasteiger partial charge in [0, 0.05) is 0 Å². The molecule has 0 spiro atoms. The quantitative estimate of drug-likeness (QED) is 0.660. The second-order valence-electron chi connectivity index (χ2n) is 3.38. The zero-order valence-electron chi connectivity index (χ0n) is 7.54. The fourth-order valence-corrected chi connectivity index (χ4v) is 1.22. The monoisotopic (exact) mass is 162 g/mol. The summed E-state index contributed by atoms with van der Waals surface area (Å²) in [5.41, 5.74) is 8.85. The third kappa shape index (κ3) is 2.46. The highest BCUT2D eigenvalue weighted by Gasteiger charge is 1.97. The van der Waals surface area contributed by atoms with E-state index in [0.29, 0.717) is 5.92 Å². The van der Waals surface area contributed by atoms with E-state index in [2.05, 4.69) is 25.0 Å². The van der Waals surface area contributed by atoms with Crippen molar-refractivity contribution in [2.75, 3.05) is 0 Å². The third-order valence-electron chi connectivity index (χ3n) is 1.68. The first-order chi connectivity index (χ1) is 5.72. The van der Waals surface area contributed by atoms with Gasteiger partial charge in [0.25, 0.3) is 0 Å². The van der Waals surface area contributed by atoms with Crippen LogP contribution >= 0.6 is 0 Å².